The van der Waals surface area contributed by atoms with Gasteiger partial charge in [0, 0.05) is 30.6 Å². The molecule has 156 valence electrons. The first-order valence-corrected chi connectivity index (χ1v) is 10.2. The van der Waals surface area contributed by atoms with Gasteiger partial charge in [0.2, 0.25) is 5.91 Å². The fourth-order valence-corrected chi connectivity index (χ4v) is 3.63. The number of nitrogens with zero attached hydrogens (tertiary/aromatic N) is 1. The van der Waals surface area contributed by atoms with Gasteiger partial charge >= 0.3 is 5.97 Å². The summed E-state index contributed by atoms with van der Waals surface area (Å²) in [6.45, 7) is 2.84. The average Bonchev–Trinajstić information content (AvgIpc) is 3.16. The van der Waals surface area contributed by atoms with Crippen LogP contribution in [0.5, 0.6) is 5.75 Å². The molecule has 0 aliphatic carbocycles. The molecule has 3 aromatic rings. The van der Waals surface area contributed by atoms with E-state index in [1.807, 2.05) is 49.4 Å². The zero-order valence-electron chi connectivity index (χ0n) is 17.3. The molecule has 1 heterocycles. The maximum absolute atomic E-state index is 12.6. The highest BCUT2D eigenvalue weighted by Crippen LogP contribution is 2.23. The fraction of sp³-hybridized carbons (Fsp3) is 0.192. The molecular weight excluding hydrogens is 390 g/mol. The van der Waals surface area contributed by atoms with Gasteiger partial charge in [0.05, 0.1) is 5.92 Å². The van der Waals surface area contributed by atoms with E-state index in [0.29, 0.717) is 30.0 Å². The standard InChI is InChI=1S/C26H23NO4/c1-18-7-9-19(10-8-18)16-27-17-22(15-24(27)28)26(30)31-23-13-11-21(12-14-23)25(29)20-5-3-2-4-6-20/h2-14,22H,15-17H2,1H3/t22-/m0/s1. The van der Waals surface area contributed by atoms with Crippen LogP contribution in [-0.2, 0) is 16.1 Å². The van der Waals surface area contributed by atoms with Crippen molar-refractivity contribution >= 4 is 17.7 Å². The Bertz CT molecular complexity index is 1090. The summed E-state index contributed by atoms with van der Waals surface area (Å²) in [4.78, 5) is 39.1. The summed E-state index contributed by atoms with van der Waals surface area (Å²) in [5.74, 6) is -0.706. The Morgan fingerprint density at radius 3 is 2.23 bits per heavy atom. The maximum atomic E-state index is 12.6. The number of rotatable bonds is 6. The van der Waals surface area contributed by atoms with Crippen molar-refractivity contribution in [2.45, 2.75) is 19.9 Å². The smallest absolute Gasteiger partial charge is 0.316 e. The van der Waals surface area contributed by atoms with Gasteiger partial charge in [-0.1, -0.05) is 60.2 Å². The fourth-order valence-electron chi connectivity index (χ4n) is 3.63. The summed E-state index contributed by atoms with van der Waals surface area (Å²) < 4.78 is 5.47. The van der Waals surface area contributed by atoms with Gasteiger partial charge < -0.3 is 9.64 Å². The highest BCUT2D eigenvalue weighted by atomic mass is 16.5. The quantitative estimate of drug-likeness (QED) is 0.346. The molecule has 0 radical (unpaired) electrons. The monoisotopic (exact) mass is 413 g/mol. The number of carbonyl (C=O) groups is 3. The van der Waals surface area contributed by atoms with E-state index in [1.165, 1.54) is 0 Å². The molecule has 4 rings (SSSR count). The lowest BCUT2D eigenvalue weighted by Gasteiger charge is -2.16. The summed E-state index contributed by atoms with van der Waals surface area (Å²) in [5.41, 5.74) is 3.32. The predicted octanol–water partition coefficient (Wildman–Crippen LogP) is 4.18. The molecule has 3 aromatic carbocycles. The van der Waals surface area contributed by atoms with Crippen LogP contribution in [-0.4, -0.2) is 29.1 Å². The van der Waals surface area contributed by atoms with Crippen LogP contribution in [0.2, 0.25) is 0 Å². The first-order valence-electron chi connectivity index (χ1n) is 10.2. The Hall–Kier alpha value is -3.73. The first kappa shape index (κ1) is 20.5. The second-order valence-electron chi connectivity index (χ2n) is 7.80. The van der Waals surface area contributed by atoms with Gasteiger partial charge in [-0.25, -0.2) is 0 Å². The number of likely N-dealkylation sites (tertiary alicyclic amines) is 1. The van der Waals surface area contributed by atoms with E-state index in [0.717, 1.165) is 11.1 Å². The number of hydrogen-bond acceptors (Lipinski definition) is 4. The summed E-state index contributed by atoms with van der Waals surface area (Å²) in [6, 6.07) is 23.5. The minimum atomic E-state index is -0.497. The Kier molecular flexibility index (Phi) is 5.94. The third-order valence-electron chi connectivity index (χ3n) is 5.41. The Balaban J connectivity index is 1.35. The van der Waals surface area contributed by atoms with E-state index in [-0.39, 0.29) is 18.1 Å². The van der Waals surface area contributed by atoms with Gasteiger partial charge in [-0.15, -0.1) is 0 Å². The zero-order chi connectivity index (χ0) is 21.8. The molecule has 5 heteroatoms. The lowest BCUT2D eigenvalue weighted by atomic mass is 10.0. The van der Waals surface area contributed by atoms with Crippen molar-refractivity contribution in [3.8, 4) is 5.75 Å². The summed E-state index contributed by atoms with van der Waals surface area (Å²) in [5, 5.41) is 0. The third kappa shape index (κ3) is 4.89. The Morgan fingerprint density at radius 2 is 1.55 bits per heavy atom. The number of esters is 1. The second kappa shape index (κ2) is 8.96. The second-order valence-corrected chi connectivity index (χ2v) is 7.80. The number of aryl methyl sites for hydroxylation is 1. The molecular formula is C26H23NO4. The van der Waals surface area contributed by atoms with E-state index in [9.17, 15) is 14.4 Å². The van der Waals surface area contributed by atoms with E-state index in [2.05, 4.69) is 0 Å². The number of benzene rings is 3. The molecule has 0 N–H and O–H groups in total. The summed E-state index contributed by atoms with van der Waals surface area (Å²) >= 11 is 0. The van der Waals surface area contributed by atoms with E-state index in [4.69, 9.17) is 4.74 Å². The van der Waals surface area contributed by atoms with Crippen LogP contribution in [0.25, 0.3) is 0 Å². The Labute approximate surface area is 181 Å². The van der Waals surface area contributed by atoms with Crippen molar-refractivity contribution in [1.82, 2.24) is 4.90 Å². The van der Waals surface area contributed by atoms with Crippen molar-refractivity contribution in [2.24, 2.45) is 5.92 Å². The third-order valence-corrected chi connectivity index (χ3v) is 5.41. The molecule has 1 aliphatic rings. The molecule has 1 amide bonds. The van der Waals surface area contributed by atoms with Crippen molar-refractivity contribution in [3.05, 3.63) is 101 Å². The van der Waals surface area contributed by atoms with Gasteiger partial charge in [0.25, 0.3) is 0 Å². The van der Waals surface area contributed by atoms with Crippen LogP contribution < -0.4 is 4.74 Å². The van der Waals surface area contributed by atoms with Gasteiger partial charge in [-0.3, -0.25) is 14.4 Å². The van der Waals surface area contributed by atoms with E-state index >= 15 is 0 Å². The number of carbonyl (C=O) groups excluding carboxylic acids is 3. The highest BCUT2D eigenvalue weighted by molar-refractivity contribution is 6.09. The molecule has 0 saturated carbocycles. The molecule has 1 atom stereocenters. The number of ketones is 1. The predicted molar refractivity (Wildman–Crippen MR) is 117 cm³/mol. The van der Waals surface area contributed by atoms with Gasteiger partial charge in [-0.05, 0) is 36.8 Å². The maximum Gasteiger partial charge on any atom is 0.316 e. The van der Waals surface area contributed by atoms with Gasteiger partial charge in [-0.2, -0.15) is 0 Å². The number of hydrogen-bond donors (Lipinski definition) is 0. The molecule has 0 spiro atoms. The zero-order valence-corrected chi connectivity index (χ0v) is 17.3. The van der Waals surface area contributed by atoms with Crippen molar-refractivity contribution in [1.29, 1.82) is 0 Å². The lowest BCUT2D eigenvalue weighted by molar-refractivity contribution is -0.139. The van der Waals surface area contributed by atoms with Crippen molar-refractivity contribution in [3.63, 3.8) is 0 Å². The molecule has 1 saturated heterocycles. The number of ether oxygens (including phenoxy) is 1. The van der Waals surface area contributed by atoms with Crippen LogP contribution in [0.1, 0.15) is 33.5 Å². The van der Waals surface area contributed by atoms with E-state index in [1.54, 1.807) is 41.3 Å². The first-order chi connectivity index (χ1) is 15.0. The largest absolute Gasteiger partial charge is 0.426 e. The van der Waals surface area contributed by atoms with Crippen molar-refractivity contribution in [2.75, 3.05) is 6.54 Å². The van der Waals surface area contributed by atoms with E-state index < -0.39 is 11.9 Å². The lowest BCUT2D eigenvalue weighted by Crippen LogP contribution is -2.27. The molecule has 1 aliphatic heterocycles. The molecule has 0 bridgehead atoms. The molecule has 1 fully saturated rings. The molecule has 5 nitrogen and oxygen atoms in total. The van der Waals surface area contributed by atoms with Crippen LogP contribution >= 0.6 is 0 Å². The SMILES string of the molecule is Cc1ccc(CN2C[C@@H](C(=O)Oc3ccc(C(=O)c4ccccc4)cc3)CC2=O)cc1. The van der Waals surface area contributed by atoms with Crippen LogP contribution in [0.4, 0.5) is 0 Å². The topological polar surface area (TPSA) is 63.7 Å². The minimum Gasteiger partial charge on any atom is -0.426 e. The summed E-state index contributed by atoms with van der Waals surface area (Å²) in [6.07, 6.45) is 0.148. The molecule has 31 heavy (non-hydrogen) atoms. The highest BCUT2D eigenvalue weighted by Gasteiger charge is 2.35. The normalized spacial score (nSPS) is 15.7. The minimum absolute atomic E-state index is 0.0497. The van der Waals surface area contributed by atoms with Crippen LogP contribution in [0.15, 0.2) is 78.9 Å². The van der Waals surface area contributed by atoms with Crippen molar-refractivity contribution < 1.29 is 19.1 Å². The Morgan fingerprint density at radius 1 is 0.903 bits per heavy atom. The van der Waals surface area contributed by atoms with Gasteiger partial charge in [0.1, 0.15) is 5.75 Å². The van der Waals surface area contributed by atoms with Crippen LogP contribution in [0.3, 0.4) is 0 Å². The molecule has 0 unspecified atom stereocenters. The molecule has 0 aromatic heterocycles. The average molecular weight is 413 g/mol. The van der Waals surface area contributed by atoms with Crippen LogP contribution in [0, 0.1) is 12.8 Å². The number of amides is 1. The summed E-state index contributed by atoms with van der Waals surface area (Å²) in [7, 11) is 0. The van der Waals surface area contributed by atoms with Gasteiger partial charge in [0.15, 0.2) is 5.78 Å².